The van der Waals surface area contributed by atoms with Crippen molar-refractivity contribution in [3.05, 3.63) is 40.4 Å². The van der Waals surface area contributed by atoms with Crippen LogP contribution in [0.3, 0.4) is 0 Å². The smallest absolute Gasteiger partial charge is 0.251 e. The minimum atomic E-state index is -0.0988. The van der Waals surface area contributed by atoms with Crippen molar-refractivity contribution in [3.8, 4) is 0 Å². The summed E-state index contributed by atoms with van der Waals surface area (Å²) in [4.78, 5) is 11.9. The van der Waals surface area contributed by atoms with E-state index in [4.69, 9.17) is 17.3 Å². The average Bonchev–Trinajstić information content (AvgIpc) is 2.43. The SMILES string of the molecule is Nc1ccc(C(=O)NCCC2=CCCCC2)cc1Cl. The number of rotatable bonds is 4. The third-order valence-electron chi connectivity index (χ3n) is 3.38. The van der Waals surface area contributed by atoms with Crippen LogP contribution in [0.1, 0.15) is 42.5 Å². The van der Waals surface area contributed by atoms with Gasteiger partial charge in [0, 0.05) is 12.1 Å². The lowest BCUT2D eigenvalue weighted by Gasteiger charge is -2.13. The Kier molecular flexibility index (Phi) is 4.86. The zero-order valence-corrected chi connectivity index (χ0v) is 11.7. The molecule has 0 bridgehead atoms. The maximum Gasteiger partial charge on any atom is 0.251 e. The molecule has 4 heteroatoms. The van der Waals surface area contributed by atoms with Crippen molar-refractivity contribution in [2.75, 3.05) is 12.3 Å². The van der Waals surface area contributed by atoms with Crippen molar-refractivity contribution >= 4 is 23.2 Å². The maximum absolute atomic E-state index is 11.9. The lowest BCUT2D eigenvalue weighted by Crippen LogP contribution is -2.24. The number of nitrogens with one attached hydrogen (secondary N) is 1. The van der Waals surface area contributed by atoms with Crippen LogP contribution < -0.4 is 11.1 Å². The van der Waals surface area contributed by atoms with E-state index in [9.17, 15) is 4.79 Å². The van der Waals surface area contributed by atoms with Crippen LogP contribution in [0.25, 0.3) is 0 Å². The number of hydrogen-bond acceptors (Lipinski definition) is 2. The highest BCUT2D eigenvalue weighted by Gasteiger charge is 2.08. The summed E-state index contributed by atoms with van der Waals surface area (Å²) in [7, 11) is 0. The highest BCUT2D eigenvalue weighted by atomic mass is 35.5. The first-order valence-corrected chi connectivity index (χ1v) is 7.06. The van der Waals surface area contributed by atoms with E-state index in [0.29, 0.717) is 22.8 Å². The zero-order valence-electron chi connectivity index (χ0n) is 10.9. The van der Waals surface area contributed by atoms with Gasteiger partial charge in [-0.05, 0) is 50.3 Å². The van der Waals surface area contributed by atoms with Crippen LogP contribution in [0.15, 0.2) is 29.8 Å². The number of halogens is 1. The minimum absolute atomic E-state index is 0.0988. The zero-order chi connectivity index (χ0) is 13.7. The normalized spacial score (nSPS) is 14.9. The molecule has 0 heterocycles. The fraction of sp³-hybridized carbons (Fsp3) is 0.400. The van der Waals surface area contributed by atoms with Crippen molar-refractivity contribution in [2.24, 2.45) is 0 Å². The number of nitrogens with two attached hydrogens (primary N) is 1. The Hall–Kier alpha value is -1.48. The summed E-state index contributed by atoms with van der Waals surface area (Å²) in [6.45, 7) is 0.673. The molecule has 1 aliphatic rings. The van der Waals surface area contributed by atoms with Gasteiger partial charge in [-0.25, -0.2) is 0 Å². The molecule has 0 aromatic heterocycles. The molecule has 0 saturated carbocycles. The summed E-state index contributed by atoms with van der Waals surface area (Å²) in [5.74, 6) is -0.0988. The number of carbonyl (C=O) groups excluding carboxylic acids is 1. The number of amides is 1. The molecule has 0 spiro atoms. The van der Waals surface area contributed by atoms with Crippen molar-refractivity contribution in [2.45, 2.75) is 32.1 Å². The van der Waals surface area contributed by atoms with E-state index in [2.05, 4.69) is 11.4 Å². The Morgan fingerprint density at radius 1 is 1.37 bits per heavy atom. The molecular formula is C15H19ClN2O. The summed E-state index contributed by atoms with van der Waals surface area (Å²) in [6.07, 6.45) is 8.15. The molecule has 0 fully saturated rings. The van der Waals surface area contributed by atoms with Crippen LogP contribution >= 0.6 is 11.6 Å². The Morgan fingerprint density at radius 3 is 2.89 bits per heavy atom. The van der Waals surface area contributed by atoms with Crippen LogP contribution in [0, 0.1) is 0 Å². The standard InChI is InChI=1S/C15H19ClN2O/c16-13-10-12(6-7-14(13)17)15(19)18-9-8-11-4-2-1-3-5-11/h4,6-7,10H,1-3,5,8-9,17H2,(H,18,19). The van der Waals surface area contributed by atoms with Crippen molar-refractivity contribution in [1.29, 1.82) is 0 Å². The Balaban J connectivity index is 1.83. The van der Waals surface area contributed by atoms with Gasteiger partial charge >= 0.3 is 0 Å². The lowest BCUT2D eigenvalue weighted by molar-refractivity contribution is 0.0954. The van der Waals surface area contributed by atoms with Crippen LogP contribution in [-0.2, 0) is 0 Å². The van der Waals surface area contributed by atoms with Gasteiger partial charge in [0.25, 0.3) is 5.91 Å². The summed E-state index contributed by atoms with van der Waals surface area (Å²) in [5.41, 5.74) is 8.12. The van der Waals surface area contributed by atoms with E-state index in [1.54, 1.807) is 18.2 Å². The first-order valence-electron chi connectivity index (χ1n) is 6.68. The molecule has 1 aliphatic carbocycles. The van der Waals surface area contributed by atoms with E-state index in [1.807, 2.05) is 0 Å². The van der Waals surface area contributed by atoms with Gasteiger partial charge in [0.2, 0.25) is 0 Å². The fourth-order valence-corrected chi connectivity index (χ4v) is 2.42. The molecule has 1 amide bonds. The predicted octanol–water partition coefficient (Wildman–Crippen LogP) is 3.54. The first-order chi connectivity index (χ1) is 9.16. The molecule has 102 valence electrons. The van der Waals surface area contributed by atoms with E-state index >= 15 is 0 Å². The number of nitrogen functional groups attached to an aromatic ring is 1. The van der Waals surface area contributed by atoms with Gasteiger partial charge in [0.05, 0.1) is 10.7 Å². The molecular weight excluding hydrogens is 260 g/mol. The predicted molar refractivity (Wildman–Crippen MR) is 79.4 cm³/mol. The molecule has 3 N–H and O–H groups in total. The number of allylic oxidation sites excluding steroid dienone is 1. The Labute approximate surface area is 118 Å². The van der Waals surface area contributed by atoms with E-state index in [0.717, 1.165) is 6.42 Å². The molecule has 0 saturated heterocycles. The second kappa shape index (κ2) is 6.62. The molecule has 1 aromatic rings. The number of carbonyl (C=O) groups is 1. The van der Waals surface area contributed by atoms with Crippen molar-refractivity contribution in [3.63, 3.8) is 0 Å². The third kappa shape index (κ3) is 4.00. The van der Waals surface area contributed by atoms with Crippen molar-refractivity contribution in [1.82, 2.24) is 5.32 Å². The number of anilines is 1. The van der Waals surface area contributed by atoms with Gasteiger partial charge in [0.15, 0.2) is 0 Å². The monoisotopic (exact) mass is 278 g/mol. The first kappa shape index (κ1) is 13.9. The van der Waals surface area contributed by atoms with E-state index in [1.165, 1.54) is 31.3 Å². The summed E-state index contributed by atoms with van der Waals surface area (Å²) in [5, 5.41) is 3.33. The quantitative estimate of drug-likeness (QED) is 0.654. The molecule has 0 aliphatic heterocycles. The highest BCUT2D eigenvalue weighted by Crippen LogP contribution is 2.20. The molecule has 1 aromatic carbocycles. The summed E-state index contributed by atoms with van der Waals surface area (Å²) < 4.78 is 0. The molecule has 3 nitrogen and oxygen atoms in total. The number of hydrogen-bond donors (Lipinski definition) is 2. The molecule has 0 unspecified atom stereocenters. The maximum atomic E-state index is 11.9. The van der Waals surface area contributed by atoms with Crippen molar-refractivity contribution < 1.29 is 4.79 Å². The molecule has 2 rings (SSSR count). The number of benzene rings is 1. The average molecular weight is 279 g/mol. The van der Waals surface area contributed by atoms with Gasteiger partial charge < -0.3 is 11.1 Å². The summed E-state index contributed by atoms with van der Waals surface area (Å²) >= 11 is 5.90. The summed E-state index contributed by atoms with van der Waals surface area (Å²) in [6, 6.07) is 4.95. The lowest BCUT2D eigenvalue weighted by atomic mass is 9.97. The second-order valence-corrected chi connectivity index (χ2v) is 5.26. The molecule has 0 atom stereocenters. The van der Waals surface area contributed by atoms with Gasteiger partial charge in [-0.2, -0.15) is 0 Å². The molecule has 0 radical (unpaired) electrons. The van der Waals surface area contributed by atoms with Crippen LogP contribution in [0.2, 0.25) is 5.02 Å². The highest BCUT2D eigenvalue weighted by molar-refractivity contribution is 6.33. The van der Waals surface area contributed by atoms with Gasteiger partial charge in [-0.3, -0.25) is 4.79 Å². The van der Waals surface area contributed by atoms with Gasteiger partial charge in [0.1, 0.15) is 0 Å². The van der Waals surface area contributed by atoms with E-state index in [-0.39, 0.29) is 5.91 Å². The van der Waals surface area contributed by atoms with Gasteiger partial charge in [-0.15, -0.1) is 0 Å². The Bertz CT molecular complexity index is 497. The van der Waals surface area contributed by atoms with Crippen LogP contribution in [0.5, 0.6) is 0 Å². The third-order valence-corrected chi connectivity index (χ3v) is 3.71. The largest absolute Gasteiger partial charge is 0.398 e. The molecule has 19 heavy (non-hydrogen) atoms. The second-order valence-electron chi connectivity index (χ2n) is 4.85. The fourth-order valence-electron chi connectivity index (χ4n) is 2.24. The van der Waals surface area contributed by atoms with Crippen LogP contribution in [-0.4, -0.2) is 12.5 Å². The topological polar surface area (TPSA) is 55.1 Å². The Morgan fingerprint density at radius 2 is 2.21 bits per heavy atom. The van der Waals surface area contributed by atoms with Gasteiger partial charge in [-0.1, -0.05) is 23.3 Å². The minimum Gasteiger partial charge on any atom is -0.398 e. The van der Waals surface area contributed by atoms with E-state index < -0.39 is 0 Å². The van der Waals surface area contributed by atoms with Crippen LogP contribution in [0.4, 0.5) is 5.69 Å².